The molecule has 100 valence electrons. The second-order valence-corrected chi connectivity index (χ2v) is 4.79. The van der Waals surface area contributed by atoms with E-state index in [4.69, 9.17) is 10.5 Å². The van der Waals surface area contributed by atoms with Crippen LogP contribution in [0.2, 0.25) is 0 Å². The van der Waals surface area contributed by atoms with Gasteiger partial charge in [0.1, 0.15) is 11.5 Å². The molecule has 0 aliphatic heterocycles. The molecule has 0 aliphatic carbocycles. The average Bonchev–Trinajstić information content (AvgIpc) is 2.48. The van der Waals surface area contributed by atoms with Gasteiger partial charge in [0, 0.05) is 12.1 Å². The lowest BCUT2D eigenvalue weighted by atomic mass is 9.99. The van der Waals surface area contributed by atoms with Crippen LogP contribution in [0.1, 0.15) is 37.3 Å². The summed E-state index contributed by atoms with van der Waals surface area (Å²) in [5.41, 5.74) is 8.08. The molecule has 2 aromatic carbocycles. The van der Waals surface area contributed by atoms with Crippen molar-refractivity contribution in [2.45, 2.75) is 32.7 Å². The fraction of sp³-hybridized carbons (Fsp3) is 0.294. The molecule has 0 aliphatic rings. The smallest absolute Gasteiger partial charge is 0.131 e. The quantitative estimate of drug-likeness (QED) is 0.856. The molecule has 0 bridgehead atoms. The zero-order valence-electron chi connectivity index (χ0n) is 11.6. The fourth-order valence-electron chi connectivity index (χ4n) is 2.00. The second-order valence-electron chi connectivity index (χ2n) is 4.79. The van der Waals surface area contributed by atoms with Crippen molar-refractivity contribution < 1.29 is 4.74 Å². The van der Waals surface area contributed by atoms with Crippen LogP contribution in [0.5, 0.6) is 11.5 Å². The van der Waals surface area contributed by atoms with Crippen molar-refractivity contribution in [3.63, 3.8) is 0 Å². The summed E-state index contributed by atoms with van der Waals surface area (Å²) < 4.78 is 5.89. The summed E-state index contributed by atoms with van der Waals surface area (Å²) >= 11 is 0. The summed E-state index contributed by atoms with van der Waals surface area (Å²) in [7, 11) is 0. The summed E-state index contributed by atoms with van der Waals surface area (Å²) in [6, 6.07) is 16.2. The van der Waals surface area contributed by atoms with Crippen LogP contribution in [-0.4, -0.2) is 0 Å². The molecular formula is C17H21NO. The highest BCUT2D eigenvalue weighted by molar-refractivity contribution is 5.38. The van der Waals surface area contributed by atoms with Crippen LogP contribution < -0.4 is 10.5 Å². The normalized spacial score (nSPS) is 12.2. The molecule has 0 saturated carbocycles. The Morgan fingerprint density at radius 3 is 2.37 bits per heavy atom. The molecule has 0 spiro atoms. The standard InChI is InChI=1S/C17H21NO/c1-3-13(2)14-8-10-16(11-9-14)19-17-7-5-4-6-15(17)12-18/h4-11,13H,3,12,18H2,1-2H3. The maximum Gasteiger partial charge on any atom is 0.131 e. The Hall–Kier alpha value is -1.80. The van der Waals surface area contributed by atoms with Gasteiger partial charge < -0.3 is 10.5 Å². The molecule has 0 amide bonds. The first-order valence-corrected chi connectivity index (χ1v) is 6.80. The third-order valence-electron chi connectivity index (χ3n) is 3.48. The van der Waals surface area contributed by atoms with E-state index in [9.17, 15) is 0 Å². The highest BCUT2D eigenvalue weighted by Crippen LogP contribution is 2.27. The zero-order valence-corrected chi connectivity index (χ0v) is 11.6. The van der Waals surface area contributed by atoms with Crippen molar-refractivity contribution in [1.82, 2.24) is 0 Å². The lowest BCUT2D eigenvalue weighted by molar-refractivity contribution is 0.476. The molecule has 2 heteroatoms. The predicted molar refractivity (Wildman–Crippen MR) is 79.6 cm³/mol. The van der Waals surface area contributed by atoms with Crippen LogP contribution in [0.4, 0.5) is 0 Å². The van der Waals surface area contributed by atoms with E-state index >= 15 is 0 Å². The van der Waals surface area contributed by atoms with Gasteiger partial charge in [-0.1, -0.05) is 44.2 Å². The first-order chi connectivity index (χ1) is 9.24. The van der Waals surface area contributed by atoms with E-state index in [1.807, 2.05) is 36.4 Å². The lowest BCUT2D eigenvalue weighted by Crippen LogP contribution is -1.99. The third-order valence-corrected chi connectivity index (χ3v) is 3.48. The van der Waals surface area contributed by atoms with Gasteiger partial charge in [-0.05, 0) is 36.1 Å². The van der Waals surface area contributed by atoms with Crippen molar-refractivity contribution in [3.8, 4) is 11.5 Å². The molecular weight excluding hydrogens is 234 g/mol. The SMILES string of the molecule is CCC(C)c1ccc(Oc2ccccc2CN)cc1. The molecule has 2 nitrogen and oxygen atoms in total. The topological polar surface area (TPSA) is 35.2 Å². The van der Waals surface area contributed by atoms with E-state index in [2.05, 4.69) is 26.0 Å². The molecule has 0 fully saturated rings. The van der Waals surface area contributed by atoms with Crippen LogP contribution in [-0.2, 0) is 6.54 Å². The Labute approximate surface area is 115 Å². The Kier molecular flexibility index (Phi) is 4.58. The van der Waals surface area contributed by atoms with Gasteiger partial charge in [-0.15, -0.1) is 0 Å². The fourth-order valence-corrected chi connectivity index (χ4v) is 2.00. The molecule has 0 radical (unpaired) electrons. The van der Waals surface area contributed by atoms with Crippen molar-refractivity contribution >= 4 is 0 Å². The van der Waals surface area contributed by atoms with Crippen LogP contribution in [0.3, 0.4) is 0 Å². The van der Waals surface area contributed by atoms with Crippen molar-refractivity contribution in [1.29, 1.82) is 0 Å². The maximum absolute atomic E-state index is 5.89. The summed E-state index contributed by atoms with van der Waals surface area (Å²) in [4.78, 5) is 0. The van der Waals surface area contributed by atoms with Gasteiger partial charge in [0.2, 0.25) is 0 Å². The molecule has 2 aromatic rings. The summed E-state index contributed by atoms with van der Waals surface area (Å²) in [6.45, 7) is 4.92. The monoisotopic (exact) mass is 255 g/mol. The van der Waals surface area contributed by atoms with E-state index in [1.165, 1.54) is 5.56 Å². The average molecular weight is 255 g/mol. The van der Waals surface area contributed by atoms with Crippen LogP contribution >= 0.6 is 0 Å². The van der Waals surface area contributed by atoms with Gasteiger partial charge in [0.05, 0.1) is 0 Å². The largest absolute Gasteiger partial charge is 0.457 e. The molecule has 0 aromatic heterocycles. The van der Waals surface area contributed by atoms with Gasteiger partial charge in [-0.25, -0.2) is 0 Å². The Balaban J connectivity index is 2.15. The number of nitrogens with two attached hydrogens (primary N) is 1. The molecule has 1 unspecified atom stereocenters. The number of rotatable bonds is 5. The first-order valence-electron chi connectivity index (χ1n) is 6.80. The third kappa shape index (κ3) is 3.36. The summed E-state index contributed by atoms with van der Waals surface area (Å²) in [5, 5.41) is 0. The van der Waals surface area contributed by atoms with Gasteiger partial charge in [-0.3, -0.25) is 0 Å². The van der Waals surface area contributed by atoms with E-state index in [0.29, 0.717) is 12.5 Å². The Bertz CT molecular complexity index is 519. The molecule has 19 heavy (non-hydrogen) atoms. The minimum absolute atomic E-state index is 0.487. The minimum Gasteiger partial charge on any atom is -0.457 e. The maximum atomic E-state index is 5.89. The molecule has 2 rings (SSSR count). The molecule has 0 saturated heterocycles. The van der Waals surface area contributed by atoms with E-state index in [1.54, 1.807) is 0 Å². The van der Waals surface area contributed by atoms with Crippen LogP contribution in [0.15, 0.2) is 48.5 Å². The molecule has 2 N–H and O–H groups in total. The van der Waals surface area contributed by atoms with Gasteiger partial charge in [0.25, 0.3) is 0 Å². The summed E-state index contributed by atoms with van der Waals surface area (Å²) in [6.07, 6.45) is 1.15. The number of benzene rings is 2. The van der Waals surface area contributed by atoms with Crippen molar-refractivity contribution in [3.05, 3.63) is 59.7 Å². The Morgan fingerprint density at radius 2 is 1.74 bits per heavy atom. The van der Waals surface area contributed by atoms with E-state index in [-0.39, 0.29) is 0 Å². The molecule has 0 heterocycles. The molecule has 1 atom stereocenters. The van der Waals surface area contributed by atoms with Gasteiger partial charge >= 0.3 is 0 Å². The number of ether oxygens (including phenoxy) is 1. The first kappa shape index (κ1) is 13.6. The number of hydrogen-bond acceptors (Lipinski definition) is 2. The van der Waals surface area contributed by atoms with Gasteiger partial charge in [-0.2, -0.15) is 0 Å². The lowest BCUT2D eigenvalue weighted by Gasteiger charge is -2.12. The van der Waals surface area contributed by atoms with E-state index in [0.717, 1.165) is 23.5 Å². The predicted octanol–water partition coefficient (Wildman–Crippen LogP) is 4.45. The summed E-state index contributed by atoms with van der Waals surface area (Å²) in [5.74, 6) is 2.28. The highest BCUT2D eigenvalue weighted by Gasteiger charge is 2.05. The number of hydrogen-bond donors (Lipinski definition) is 1. The van der Waals surface area contributed by atoms with Crippen molar-refractivity contribution in [2.24, 2.45) is 5.73 Å². The minimum atomic E-state index is 0.487. The van der Waals surface area contributed by atoms with Crippen molar-refractivity contribution in [2.75, 3.05) is 0 Å². The van der Waals surface area contributed by atoms with Crippen LogP contribution in [0, 0.1) is 0 Å². The number of para-hydroxylation sites is 1. The highest BCUT2D eigenvalue weighted by atomic mass is 16.5. The van der Waals surface area contributed by atoms with Crippen LogP contribution in [0.25, 0.3) is 0 Å². The Morgan fingerprint density at radius 1 is 1.05 bits per heavy atom. The second kappa shape index (κ2) is 6.39. The van der Waals surface area contributed by atoms with E-state index < -0.39 is 0 Å². The van der Waals surface area contributed by atoms with Gasteiger partial charge in [0.15, 0.2) is 0 Å². The zero-order chi connectivity index (χ0) is 13.7.